The van der Waals surface area contributed by atoms with Gasteiger partial charge in [-0.05, 0) is 12.3 Å². The first-order chi connectivity index (χ1) is 13.6. The highest BCUT2D eigenvalue weighted by Crippen LogP contribution is 2.13. The average molecular weight is 380 g/mol. The molecule has 2 atom stereocenters. The molecule has 2 N–H and O–H groups in total. The fourth-order valence-corrected chi connectivity index (χ4v) is 2.75. The van der Waals surface area contributed by atoms with Gasteiger partial charge in [-0.2, -0.15) is 31.6 Å². The molecule has 0 heterocycles. The summed E-state index contributed by atoms with van der Waals surface area (Å²) in [5.41, 5.74) is 6.35. The van der Waals surface area contributed by atoms with Crippen molar-refractivity contribution in [2.45, 2.75) is 12.5 Å². The molecular weight excluding hydrogens is 356 g/mol. The lowest BCUT2D eigenvalue weighted by atomic mass is 9.94. The summed E-state index contributed by atoms with van der Waals surface area (Å²) in [6.45, 7) is 1.70. The number of rotatable bonds is 14. The van der Waals surface area contributed by atoms with E-state index < -0.39 is 6.04 Å². The predicted octanol–water partition coefficient (Wildman–Crippen LogP) is -0.633. The number of nitrogens with two attached hydrogens (primary N) is 1. The summed E-state index contributed by atoms with van der Waals surface area (Å²) >= 11 is 0. The SMILES string of the molecule is N#CCN(CC#N)CCC(CN(CC#N)CC#N)C(N)CN(CC#N)CC#N. The maximum absolute atomic E-state index is 8.97. The second kappa shape index (κ2) is 16.0. The second-order valence-corrected chi connectivity index (χ2v) is 6.21. The minimum atomic E-state index is -0.410. The zero-order chi connectivity index (χ0) is 21.2. The molecule has 0 fully saturated rings. The Labute approximate surface area is 166 Å². The Kier molecular flexibility index (Phi) is 14.2. The van der Waals surface area contributed by atoms with Gasteiger partial charge in [0.2, 0.25) is 0 Å². The normalized spacial score (nSPS) is 12.2. The molecule has 0 aromatic carbocycles. The summed E-state index contributed by atoms with van der Waals surface area (Å²) in [5.74, 6) is -0.151. The van der Waals surface area contributed by atoms with E-state index in [0.29, 0.717) is 26.1 Å². The minimum absolute atomic E-state index is 0.0725. The molecule has 0 aliphatic heterocycles. The molecule has 2 unspecified atom stereocenters. The largest absolute Gasteiger partial charge is 0.326 e. The summed E-state index contributed by atoms with van der Waals surface area (Å²) in [5, 5.41) is 53.5. The van der Waals surface area contributed by atoms with Crippen LogP contribution in [0.15, 0.2) is 0 Å². The van der Waals surface area contributed by atoms with Crippen LogP contribution in [0, 0.1) is 73.9 Å². The summed E-state index contributed by atoms with van der Waals surface area (Å²) in [6.07, 6.45) is 0.546. The lowest BCUT2D eigenvalue weighted by Crippen LogP contribution is -2.47. The van der Waals surface area contributed by atoms with Crippen molar-refractivity contribution in [1.82, 2.24) is 14.7 Å². The smallest absolute Gasteiger partial charge is 0.0874 e. The molecular formula is C18H24N10. The van der Waals surface area contributed by atoms with Gasteiger partial charge in [0.1, 0.15) is 0 Å². The van der Waals surface area contributed by atoms with E-state index in [1.165, 1.54) is 0 Å². The first-order valence-corrected chi connectivity index (χ1v) is 8.70. The van der Waals surface area contributed by atoms with Crippen molar-refractivity contribution in [2.75, 3.05) is 58.9 Å². The Morgan fingerprint density at radius 2 is 0.929 bits per heavy atom. The van der Waals surface area contributed by atoms with Gasteiger partial charge in [-0.1, -0.05) is 0 Å². The molecule has 0 bridgehead atoms. The monoisotopic (exact) mass is 380 g/mol. The molecule has 0 aromatic rings. The molecule has 10 nitrogen and oxygen atoms in total. The number of hydrogen-bond donors (Lipinski definition) is 1. The van der Waals surface area contributed by atoms with Crippen molar-refractivity contribution in [3.8, 4) is 36.4 Å². The third kappa shape index (κ3) is 10.7. The fraction of sp³-hybridized carbons (Fsp3) is 0.667. The molecule has 10 heteroatoms. The van der Waals surface area contributed by atoms with Crippen molar-refractivity contribution in [3.05, 3.63) is 0 Å². The van der Waals surface area contributed by atoms with Crippen molar-refractivity contribution in [2.24, 2.45) is 11.7 Å². The van der Waals surface area contributed by atoms with Crippen LogP contribution < -0.4 is 5.73 Å². The number of hydrogen-bond acceptors (Lipinski definition) is 10. The van der Waals surface area contributed by atoms with Crippen molar-refractivity contribution >= 4 is 0 Å². The van der Waals surface area contributed by atoms with E-state index in [1.807, 2.05) is 36.4 Å². The molecule has 0 saturated carbocycles. The van der Waals surface area contributed by atoms with Crippen LogP contribution in [-0.4, -0.2) is 79.6 Å². The van der Waals surface area contributed by atoms with Crippen LogP contribution in [0.5, 0.6) is 0 Å². The fourth-order valence-electron chi connectivity index (χ4n) is 2.75. The molecule has 0 saturated heterocycles. The van der Waals surface area contributed by atoms with E-state index in [1.54, 1.807) is 14.7 Å². The minimum Gasteiger partial charge on any atom is -0.326 e. The standard InChI is InChI=1S/C18H24N10/c19-2-9-26(10-3-20)8-1-17(15-27(11-4-21)12-5-22)18(25)16-28(13-6-23)14-7-24/h17-18H,1,8-16,25H2. The van der Waals surface area contributed by atoms with E-state index in [9.17, 15) is 0 Å². The summed E-state index contributed by atoms with van der Waals surface area (Å²) in [4.78, 5) is 5.02. The lowest BCUT2D eigenvalue weighted by molar-refractivity contribution is 0.192. The van der Waals surface area contributed by atoms with Crippen LogP contribution in [0.4, 0.5) is 0 Å². The topological polar surface area (TPSA) is 178 Å². The van der Waals surface area contributed by atoms with Gasteiger partial charge in [0.15, 0.2) is 0 Å². The van der Waals surface area contributed by atoms with Crippen molar-refractivity contribution < 1.29 is 0 Å². The Morgan fingerprint density at radius 1 is 0.571 bits per heavy atom. The van der Waals surface area contributed by atoms with E-state index in [4.69, 9.17) is 37.3 Å². The highest BCUT2D eigenvalue weighted by atomic mass is 15.2. The molecule has 0 spiro atoms. The molecule has 0 aromatic heterocycles. The van der Waals surface area contributed by atoms with Gasteiger partial charge >= 0.3 is 0 Å². The van der Waals surface area contributed by atoms with Gasteiger partial charge in [-0.3, -0.25) is 14.7 Å². The number of nitriles is 6. The van der Waals surface area contributed by atoms with Gasteiger partial charge in [0.05, 0.1) is 75.7 Å². The molecule has 146 valence electrons. The molecule has 0 amide bonds. The predicted molar refractivity (Wildman–Crippen MR) is 99.1 cm³/mol. The van der Waals surface area contributed by atoms with Gasteiger partial charge < -0.3 is 5.73 Å². The molecule has 0 rings (SSSR count). The zero-order valence-corrected chi connectivity index (χ0v) is 15.8. The van der Waals surface area contributed by atoms with E-state index in [0.717, 1.165) is 0 Å². The Morgan fingerprint density at radius 3 is 1.32 bits per heavy atom. The summed E-state index contributed by atoms with van der Waals surface area (Å²) < 4.78 is 0. The van der Waals surface area contributed by atoms with Gasteiger partial charge in [0, 0.05) is 25.7 Å². The molecule has 0 radical (unpaired) electrons. The Bertz CT molecular complexity index is 645. The molecule has 0 aliphatic rings. The van der Waals surface area contributed by atoms with Crippen LogP contribution >= 0.6 is 0 Å². The zero-order valence-electron chi connectivity index (χ0n) is 15.8. The van der Waals surface area contributed by atoms with E-state index in [-0.39, 0.29) is 45.2 Å². The van der Waals surface area contributed by atoms with Crippen LogP contribution in [-0.2, 0) is 0 Å². The maximum atomic E-state index is 8.97. The summed E-state index contributed by atoms with van der Waals surface area (Å²) in [7, 11) is 0. The van der Waals surface area contributed by atoms with Gasteiger partial charge in [-0.15, -0.1) is 0 Å². The quantitative estimate of drug-likeness (QED) is 0.381. The molecule has 28 heavy (non-hydrogen) atoms. The van der Waals surface area contributed by atoms with Crippen LogP contribution in [0.2, 0.25) is 0 Å². The lowest BCUT2D eigenvalue weighted by Gasteiger charge is -2.32. The first-order valence-electron chi connectivity index (χ1n) is 8.70. The van der Waals surface area contributed by atoms with E-state index >= 15 is 0 Å². The third-order valence-corrected chi connectivity index (χ3v) is 4.15. The molecule has 0 aliphatic carbocycles. The van der Waals surface area contributed by atoms with E-state index in [2.05, 4.69) is 0 Å². The van der Waals surface area contributed by atoms with Crippen LogP contribution in [0.1, 0.15) is 6.42 Å². The van der Waals surface area contributed by atoms with Crippen molar-refractivity contribution in [1.29, 1.82) is 31.6 Å². The van der Waals surface area contributed by atoms with Gasteiger partial charge in [-0.25, -0.2) is 0 Å². The van der Waals surface area contributed by atoms with Gasteiger partial charge in [0.25, 0.3) is 0 Å². The third-order valence-electron chi connectivity index (χ3n) is 4.15. The maximum Gasteiger partial charge on any atom is 0.0874 e. The highest BCUT2D eigenvalue weighted by Gasteiger charge is 2.24. The summed E-state index contributed by atoms with van der Waals surface area (Å²) in [6, 6.07) is 11.7. The Hall–Kier alpha value is -3.22. The van der Waals surface area contributed by atoms with Crippen molar-refractivity contribution in [3.63, 3.8) is 0 Å². The number of nitrogens with zero attached hydrogens (tertiary/aromatic N) is 9. The average Bonchev–Trinajstić information content (AvgIpc) is 2.65. The highest BCUT2D eigenvalue weighted by molar-refractivity contribution is 4.91. The first kappa shape index (κ1) is 24.8. The van der Waals surface area contributed by atoms with Crippen LogP contribution in [0.3, 0.4) is 0 Å². The Balaban J connectivity index is 5.24. The second-order valence-electron chi connectivity index (χ2n) is 6.21. The van der Waals surface area contributed by atoms with Crippen LogP contribution in [0.25, 0.3) is 0 Å².